The molecule has 0 amide bonds. The number of rotatable bonds is 4. The molecule has 0 saturated carbocycles. The van der Waals surface area contributed by atoms with Crippen molar-refractivity contribution in [1.29, 1.82) is 0 Å². The number of likely N-dealkylation sites (N-methyl/N-ethyl adjacent to an activating group) is 1. The largest absolute Gasteiger partial charge is 0.359 e. The number of nitrogens with zero attached hydrogens (tertiary/aromatic N) is 2. The van der Waals surface area contributed by atoms with Crippen LogP contribution < -0.4 is 10.6 Å². The molecule has 0 radical (unpaired) electrons. The maximum atomic E-state index is 4.51. The van der Waals surface area contributed by atoms with Crippen LogP contribution in [0.25, 0.3) is 11.0 Å². The van der Waals surface area contributed by atoms with Crippen LogP contribution in [0, 0.1) is 0 Å². The second-order valence-corrected chi connectivity index (χ2v) is 3.43. The molecule has 2 rings (SSSR count). The molecule has 0 fully saturated rings. The van der Waals surface area contributed by atoms with Crippen molar-refractivity contribution in [2.45, 2.75) is 6.54 Å². The van der Waals surface area contributed by atoms with Crippen molar-refractivity contribution in [3.8, 4) is 0 Å². The average molecular weight is 204 g/mol. The molecule has 4 nitrogen and oxygen atoms in total. The first-order valence-electron chi connectivity index (χ1n) is 5.14. The number of fused-ring (bicyclic) bond motifs is 1. The summed E-state index contributed by atoms with van der Waals surface area (Å²) in [6, 6.07) is 8.18. The first-order valence-corrected chi connectivity index (χ1v) is 5.14. The van der Waals surface area contributed by atoms with E-state index >= 15 is 0 Å². The molecule has 2 N–H and O–H groups in total. The van der Waals surface area contributed by atoms with Gasteiger partial charge >= 0.3 is 0 Å². The van der Waals surface area contributed by atoms with Crippen LogP contribution in [0.15, 0.2) is 24.3 Å². The first kappa shape index (κ1) is 9.98. The zero-order chi connectivity index (χ0) is 10.7. The third-order valence-electron chi connectivity index (χ3n) is 2.46. The van der Waals surface area contributed by atoms with E-state index in [1.807, 2.05) is 32.3 Å². The van der Waals surface area contributed by atoms with Gasteiger partial charge in [0.1, 0.15) is 0 Å². The van der Waals surface area contributed by atoms with Gasteiger partial charge in [-0.2, -0.15) is 0 Å². The lowest BCUT2D eigenvalue weighted by Gasteiger charge is -2.07. The van der Waals surface area contributed by atoms with E-state index in [0.717, 1.165) is 24.6 Å². The molecule has 1 aromatic carbocycles. The topological polar surface area (TPSA) is 41.9 Å². The summed E-state index contributed by atoms with van der Waals surface area (Å²) in [5.74, 6) is 0.923. The van der Waals surface area contributed by atoms with Crippen molar-refractivity contribution in [2.24, 2.45) is 0 Å². The van der Waals surface area contributed by atoms with Crippen LogP contribution in [0.5, 0.6) is 0 Å². The monoisotopic (exact) mass is 204 g/mol. The van der Waals surface area contributed by atoms with E-state index in [1.165, 1.54) is 5.52 Å². The molecule has 0 aliphatic rings. The highest BCUT2D eigenvalue weighted by atomic mass is 15.2. The summed E-state index contributed by atoms with van der Waals surface area (Å²) >= 11 is 0. The molecule has 0 atom stereocenters. The Morgan fingerprint density at radius 1 is 1.27 bits per heavy atom. The Balaban J connectivity index is 2.47. The fourth-order valence-electron chi connectivity index (χ4n) is 1.72. The highest BCUT2D eigenvalue weighted by Crippen LogP contribution is 2.18. The van der Waals surface area contributed by atoms with Crippen LogP contribution in [0.2, 0.25) is 0 Å². The predicted octanol–water partition coefficient (Wildman–Crippen LogP) is 1.30. The smallest absolute Gasteiger partial charge is 0.203 e. The van der Waals surface area contributed by atoms with E-state index in [2.05, 4.69) is 26.3 Å². The second kappa shape index (κ2) is 4.31. The van der Waals surface area contributed by atoms with Gasteiger partial charge in [-0.05, 0) is 19.2 Å². The molecule has 0 unspecified atom stereocenters. The minimum absolute atomic E-state index is 0.923. The quantitative estimate of drug-likeness (QED) is 0.788. The first-order chi connectivity index (χ1) is 7.36. The molecule has 1 aromatic heterocycles. The van der Waals surface area contributed by atoms with Crippen LogP contribution in [0.3, 0.4) is 0 Å². The fraction of sp³-hybridized carbons (Fsp3) is 0.364. The van der Waals surface area contributed by atoms with Gasteiger partial charge in [0.2, 0.25) is 5.95 Å². The van der Waals surface area contributed by atoms with Crippen LogP contribution in [-0.4, -0.2) is 30.2 Å². The molecule has 2 aromatic rings. The van der Waals surface area contributed by atoms with E-state index in [9.17, 15) is 0 Å². The molecule has 0 aliphatic heterocycles. The maximum Gasteiger partial charge on any atom is 0.203 e. The lowest BCUT2D eigenvalue weighted by atomic mass is 10.3. The zero-order valence-corrected chi connectivity index (χ0v) is 9.12. The standard InChI is InChI=1S/C11H16N4/c1-12-7-8-15-10-6-4-3-5-9(10)14-11(15)13-2/h3-6,12H,7-8H2,1-2H3,(H,13,14). The molecular formula is C11H16N4. The number of para-hydroxylation sites is 2. The predicted molar refractivity (Wildman–Crippen MR) is 63.2 cm³/mol. The van der Waals surface area contributed by atoms with Crippen molar-refractivity contribution in [1.82, 2.24) is 14.9 Å². The highest BCUT2D eigenvalue weighted by Gasteiger charge is 2.07. The lowest BCUT2D eigenvalue weighted by Crippen LogP contribution is -2.16. The van der Waals surface area contributed by atoms with Crippen LogP contribution in [0.1, 0.15) is 0 Å². The summed E-state index contributed by atoms with van der Waals surface area (Å²) in [6.45, 7) is 1.86. The lowest BCUT2D eigenvalue weighted by molar-refractivity contribution is 0.663. The summed E-state index contributed by atoms with van der Waals surface area (Å²) in [7, 11) is 3.86. The Kier molecular flexibility index (Phi) is 2.87. The van der Waals surface area contributed by atoms with Crippen molar-refractivity contribution < 1.29 is 0 Å². The van der Waals surface area contributed by atoms with Gasteiger partial charge in [0, 0.05) is 20.1 Å². The second-order valence-electron chi connectivity index (χ2n) is 3.43. The van der Waals surface area contributed by atoms with Gasteiger partial charge in [-0.15, -0.1) is 0 Å². The highest BCUT2D eigenvalue weighted by molar-refractivity contribution is 5.78. The molecule has 0 spiro atoms. The number of anilines is 1. The molecule has 15 heavy (non-hydrogen) atoms. The Morgan fingerprint density at radius 2 is 2.07 bits per heavy atom. The van der Waals surface area contributed by atoms with E-state index in [4.69, 9.17) is 0 Å². The molecule has 0 aliphatic carbocycles. The minimum Gasteiger partial charge on any atom is -0.359 e. The number of nitrogens with one attached hydrogen (secondary N) is 2. The van der Waals surface area contributed by atoms with E-state index in [1.54, 1.807) is 0 Å². The summed E-state index contributed by atoms with van der Waals surface area (Å²) in [6.07, 6.45) is 0. The van der Waals surface area contributed by atoms with Gasteiger partial charge < -0.3 is 15.2 Å². The van der Waals surface area contributed by atoms with Crippen molar-refractivity contribution in [2.75, 3.05) is 26.0 Å². The van der Waals surface area contributed by atoms with Gasteiger partial charge in [0.15, 0.2) is 0 Å². The van der Waals surface area contributed by atoms with Crippen LogP contribution in [0.4, 0.5) is 5.95 Å². The summed E-state index contributed by atoms with van der Waals surface area (Å²) in [4.78, 5) is 4.51. The fourth-order valence-corrected chi connectivity index (χ4v) is 1.72. The Morgan fingerprint density at radius 3 is 2.80 bits per heavy atom. The van der Waals surface area contributed by atoms with Crippen molar-refractivity contribution in [3.63, 3.8) is 0 Å². The SMILES string of the molecule is CNCCn1c(NC)nc2ccccc21. The van der Waals surface area contributed by atoms with Crippen molar-refractivity contribution >= 4 is 17.0 Å². The van der Waals surface area contributed by atoms with Gasteiger partial charge in [-0.1, -0.05) is 12.1 Å². The zero-order valence-electron chi connectivity index (χ0n) is 9.12. The average Bonchev–Trinajstić information content (AvgIpc) is 2.64. The molecule has 0 bridgehead atoms. The van der Waals surface area contributed by atoms with Gasteiger partial charge in [-0.3, -0.25) is 0 Å². The number of hydrogen-bond donors (Lipinski definition) is 2. The molecule has 4 heteroatoms. The van der Waals surface area contributed by atoms with E-state index in [0.29, 0.717) is 0 Å². The van der Waals surface area contributed by atoms with Gasteiger partial charge in [0.05, 0.1) is 11.0 Å². The van der Waals surface area contributed by atoms with E-state index < -0.39 is 0 Å². The van der Waals surface area contributed by atoms with Crippen LogP contribution in [-0.2, 0) is 6.54 Å². The summed E-state index contributed by atoms with van der Waals surface area (Å²) < 4.78 is 2.19. The Bertz CT molecular complexity index is 447. The number of aromatic nitrogens is 2. The number of hydrogen-bond acceptors (Lipinski definition) is 3. The maximum absolute atomic E-state index is 4.51. The molecule has 0 saturated heterocycles. The third-order valence-corrected chi connectivity index (χ3v) is 2.46. The molecule has 80 valence electrons. The Hall–Kier alpha value is -1.55. The third kappa shape index (κ3) is 1.80. The van der Waals surface area contributed by atoms with E-state index in [-0.39, 0.29) is 0 Å². The van der Waals surface area contributed by atoms with Gasteiger partial charge in [0.25, 0.3) is 0 Å². The number of imidazole rings is 1. The van der Waals surface area contributed by atoms with Gasteiger partial charge in [-0.25, -0.2) is 4.98 Å². The Labute approximate surface area is 89.3 Å². The normalized spacial score (nSPS) is 10.8. The van der Waals surface area contributed by atoms with Crippen LogP contribution >= 0.6 is 0 Å². The molecule has 1 heterocycles. The number of benzene rings is 1. The molecular weight excluding hydrogens is 188 g/mol. The van der Waals surface area contributed by atoms with Crippen molar-refractivity contribution in [3.05, 3.63) is 24.3 Å². The summed E-state index contributed by atoms with van der Waals surface area (Å²) in [5.41, 5.74) is 2.22. The summed E-state index contributed by atoms with van der Waals surface area (Å²) in [5, 5.41) is 6.26. The minimum atomic E-state index is 0.923.